The summed E-state index contributed by atoms with van der Waals surface area (Å²) in [6.45, 7) is 7.25. The number of hydrogen-bond donors (Lipinski definition) is 4. The van der Waals surface area contributed by atoms with Crippen LogP contribution in [0.25, 0.3) is 0 Å². The lowest BCUT2D eigenvalue weighted by atomic mass is 9.96. The first-order valence-electron chi connectivity index (χ1n) is 13.7. The number of rotatable bonds is 8. The molecule has 1 aliphatic heterocycles. The molecule has 1 heterocycles. The first-order chi connectivity index (χ1) is 19.0. The lowest BCUT2D eigenvalue weighted by Crippen LogP contribution is -2.59. The van der Waals surface area contributed by atoms with Gasteiger partial charge in [0.2, 0.25) is 5.91 Å². The number of phenolic OH excluding ortho intramolecular Hbond substituents is 1. The summed E-state index contributed by atoms with van der Waals surface area (Å²) in [5, 5.41) is 27.7. The zero-order valence-electron chi connectivity index (χ0n) is 23.5. The first kappa shape index (κ1) is 29.7. The second-order valence-electron chi connectivity index (χ2n) is 11.2. The zero-order valence-corrected chi connectivity index (χ0v) is 24.3. The summed E-state index contributed by atoms with van der Waals surface area (Å²) in [5.41, 5.74) is 2.16. The molecule has 214 valence electrons. The minimum absolute atomic E-state index is 0.0295. The summed E-state index contributed by atoms with van der Waals surface area (Å²) in [6.07, 6.45) is 5.48. The molecule has 9 heteroatoms. The highest BCUT2D eigenvalue weighted by molar-refractivity contribution is 8.00. The summed E-state index contributed by atoms with van der Waals surface area (Å²) in [7, 11) is 0. The molecular weight excluding hydrogens is 526 g/mol. The predicted octanol–water partition coefficient (Wildman–Crippen LogP) is 3.62. The molecule has 4 atom stereocenters. The van der Waals surface area contributed by atoms with Crippen LogP contribution in [0.5, 0.6) is 5.75 Å². The molecule has 40 heavy (non-hydrogen) atoms. The van der Waals surface area contributed by atoms with Gasteiger partial charge in [0.15, 0.2) is 6.10 Å². The van der Waals surface area contributed by atoms with Crippen molar-refractivity contribution in [1.82, 2.24) is 15.5 Å². The summed E-state index contributed by atoms with van der Waals surface area (Å²) in [6, 6.07) is 10.7. The number of carbonyl (C=O) groups is 3. The average Bonchev–Trinajstić information content (AvgIpc) is 3.26. The third-order valence-electron chi connectivity index (χ3n) is 7.79. The van der Waals surface area contributed by atoms with Crippen molar-refractivity contribution in [2.24, 2.45) is 0 Å². The number of aliphatic hydroxyl groups is 1. The maximum atomic E-state index is 13.8. The Labute approximate surface area is 240 Å². The number of phenols is 1. The van der Waals surface area contributed by atoms with E-state index in [0.29, 0.717) is 11.1 Å². The van der Waals surface area contributed by atoms with Crippen molar-refractivity contribution in [2.45, 2.75) is 82.4 Å². The number of benzene rings is 2. The molecule has 0 bridgehead atoms. The fourth-order valence-electron chi connectivity index (χ4n) is 5.39. The van der Waals surface area contributed by atoms with Gasteiger partial charge in [-0.1, -0.05) is 48.6 Å². The van der Waals surface area contributed by atoms with Crippen molar-refractivity contribution in [1.29, 1.82) is 0 Å². The number of carbonyl (C=O) groups excluding carboxylic acids is 3. The van der Waals surface area contributed by atoms with E-state index in [0.717, 1.165) is 24.8 Å². The van der Waals surface area contributed by atoms with Crippen LogP contribution in [-0.4, -0.2) is 67.7 Å². The Morgan fingerprint density at radius 2 is 1.85 bits per heavy atom. The SMILES string of the molecule is Cc1ccc(C(=O)N[C@@H](Cc2ccccc2)[C@H](O)C(=O)N2CSC(C)(C)[C@H]2C(=O)N[C@@H]2C=CCCC2)c(C)c1O. The largest absolute Gasteiger partial charge is 0.507 e. The fourth-order valence-corrected chi connectivity index (χ4v) is 6.53. The van der Waals surface area contributed by atoms with E-state index in [1.165, 1.54) is 16.7 Å². The Bertz CT molecular complexity index is 1280. The minimum atomic E-state index is -1.59. The van der Waals surface area contributed by atoms with Gasteiger partial charge in [-0.15, -0.1) is 11.8 Å². The second kappa shape index (κ2) is 12.5. The maximum Gasteiger partial charge on any atom is 0.254 e. The third-order valence-corrected chi connectivity index (χ3v) is 9.16. The highest BCUT2D eigenvalue weighted by atomic mass is 32.2. The molecule has 4 rings (SSSR count). The van der Waals surface area contributed by atoms with Crippen molar-refractivity contribution < 1.29 is 24.6 Å². The Morgan fingerprint density at radius 1 is 1.12 bits per heavy atom. The third kappa shape index (κ3) is 6.53. The quantitative estimate of drug-likeness (QED) is 0.363. The Balaban J connectivity index is 1.58. The molecule has 2 aromatic rings. The normalized spacial score (nSPS) is 21.5. The van der Waals surface area contributed by atoms with Gasteiger partial charge in [0.05, 0.1) is 11.9 Å². The van der Waals surface area contributed by atoms with Crippen LogP contribution in [0.4, 0.5) is 0 Å². The van der Waals surface area contributed by atoms with Crippen LogP contribution in [0, 0.1) is 13.8 Å². The lowest BCUT2D eigenvalue weighted by molar-refractivity contribution is -0.147. The van der Waals surface area contributed by atoms with E-state index >= 15 is 0 Å². The van der Waals surface area contributed by atoms with Crippen molar-refractivity contribution in [2.75, 3.05) is 5.88 Å². The van der Waals surface area contributed by atoms with Crippen molar-refractivity contribution in [3.8, 4) is 5.75 Å². The van der Waals surface area contributed by atoms with Crippen LogP contribution < -0.4 is 10.6 Å². The number of allylic oxidation sites excluding steroid dienone is 1. The number of nitrogens with one attached hydrogen (secondary N) is 2. The van der Waals surface area contributed by atoms with Crippen LogP contribution in [-0.2, 0) is 16.0 Å². The minimum Gasteiger partial charge on any atom is -0.507 e. The van der Waals surface area contributed by atoms with Crippen LogP contribution in [0.2, 0.25) is 0 Å². The first-order valence-corrected chi connectivity index (χ1v) is 14.7. The number of aromatic hydroxyl groups is 1. The number of hydrogen-bond acceptors (Lipinski definition) is 6. The second-order valence-corrected chi connectivity index (χ2v) is 12.8. The standard InChI is InChI=1S/C31H39N3O5S/c1-19-15-16-23(20(2)25(19)35)28(37)33-24(17-21-11-7-5-8-12-21)26(36)30(39)34-18-40-31(3,4)27(34)29(38)32-22-13-9-6-10-14-22/h5,7-9,11-13,15-16,22,24,26-27,35-36H,6,10,14,17-18H2,1-4H3,(H,32,38)(H,33,37)/t22-,24+,26+,27-/m1/s1. The monoisotopic (exact) mass is 565 g/mol. The number of aliphatic hydroxyl groups excluding tert-OH is 1. The van der Waals surface area contributed by atoms with E-state index in [1.807, 2.05) is 50.3 Å². The number of aryl methyl sites for hydroxylation is 1. The van der Waals surface area contributed by atoms with E-state index in [-0.39, 0.29) is 35.6 Å². The molecule has 0 saturated carbocycles. The van der Waals surface area contributed by atoms with E-state index in [1.54, 1.807) is 26.0 Å². The van der Waals surface area contributed by atoms with Crippen molar-refractivity contribution in [3.05, 3.63) is 76.9 Å². The fraction of sp³-hybridized carbons (Fsp3) is 0.452. The van der Waals surface area contributed by atoms with Crippen LogP contribution in [0.3, 0.4) is 0 Å². The van der Waals surface area contributed by atoms with Gasteiger partial charge in [-0.05, 0) is 70.6 Å². The van der Waals surface area contributed by atoms with Gasteiger partial charge in [0.1, 0.15) is 11.8 Å². The van der Waals surface area contributed by atoms with Crippen molar-refractivity contribution in [3.63, 3.8) is 0 Å². The Morgan fingerprint density at radius 3 is 2.52 bits per heavy atom. The molecule has 2 aromatic carbocycles. The predicted molar refractivity (Wildman–Crippen MR) is 157 cm³/mol. The van der Waals surface area contributed by atoms with E-state index in [2.05, 4.69) is 16.7 Å². The Kier molecular flexibility index (Phi) is 9.26. The summed E-state index contributed by atoms with van der Waals surface area (Å²) < 4.78 is -0.563. The van der Waals surface area contributed by atoms with Gasteiger partial charge in [0.25, 0.3) is 11.8 Å². The topological polar surface area (TPSA) is 119 Å². The molecule has 1 fully saturated rings. The molecule has 1 saturated heterocycles. The van der Waals surface area contributed by atoms with Gasteiger partial charge < -0.3 is 25.7 Å². The molecule has 4 N–H and O–H groups in total. The molecular formula is C31H39N3O5S. The molecule has 2 aliphatic rings. The molecule has 0 aromatic heterocycles. The van der Waals surface area contributed by atoms with Crippen LogP contribution in [0.1, 0.15) is 60.2 Å². The molecule has 0 unspecified atom stereocenters. The Hall–Kier alpha value is -3.30. The summed E-state index contributed by atoms with van der Waals surface area (Å²) in [4.78, 5) is 42.1. The van der Waals surface area contributed by atoms with Crippen LogP contribution in [0.15, 0.2) is 54.6 Å². The highest BCUT2D eigenvalue weighted by Crippen LogP contribution is 2.40. The summed E-state index contributed by atoms with van der Waals surface area (Å²) in [5.74, 6) is -1.08. The number of nitrogens with zero attached hydrogens (tertiary/aromatic N) is 1. The number of amides is 3. The number of thioether (sulfide) groups is 1. The average molecular weight is 566 g/mol. The summed E-state index contributed by atoms with van der Waals surface area (Å²) >= 11 is 1.48. The van der Waals surface area contributed by atoms with Gasteiger partial charge >= 0.3 is 0 Å². The van der Waals surface area contributed by atoms with Crippen molar-refractivity contribution >= 4 is 29.5 Å². The zero-order chi connectivity index (χ0) is 29.0. The maximum absolute atomic E-state index is 13.8. The smallest absolute Gasteiger partial charge is 0.254 e. The van der Waals surface area contributed by atoms with Gasteiger partial charge in [-0.3, -0.25) is 14.4 Å². The van der Waals surface area contributed by atoms with E-state index in [4.69, 9.17) is 0 Å². The van der Waals surface area contributed by atoms with Gasteiger partial charge in [-0.2, -0.15) is 0 Å². The van der Waals surface area contributed by atoms with E-state index < -0.39 is 34.7 Å². The molecule has 1 aliphatic carbocycles. The van der Waals surface area contributed by atoms with Gasteiger partial charge in [0, 0.05) is 21.9 Å². The molecule has 0 radical (unpaired) electrons. The highest BCUT2D eigenvalue weighted by Gasteiger charge is 2.50. The molecule has 8 nitrogen and oxygen atoms in total. The molecule has 3 amide bonds. The van der Waals surface area contributed by atoms with Crippen LogP contribution >= 0.6 is 11.8 Å². The molecule has 0 spiro atoms. The van der Waals surface area contributed by atoms with E-state index in [9.17, 15) is 24.6 Å². The lowest BCUT2D eigenvalue weighted by Gasteiger charge is -2.34. The van der Waals surface area contributed by atoms with Gasteiger partial charge in [-0.25, -0.2) is 0 Å².